The maximum atomic E-state index is 5.89. The molecule has 4 nitrogen and oxygen atoms in total. The van der Waals surface area contributed by atoms with Gasteiger partial charge in [0.1, 0.15) is 0 Å². The molecule has 1 aromatic heterocycles. The summed E-state index contributed by atoms with van der Waals surface area (Å²) in [7, 11) is 1.69. The lowest BCUT2D eigenvalue weighted by molar-refractivity contribution is -0.0563. The first-order valence-corrected chi connectivity index (χ1v) is 9.39. The van der Waals surface area contributed by atoms with Crippen molar-refractivity contribution in [3.8, 4) is 0 Å². The summed E-state index contributed by atoms with van der Waals surface area (Å²) < 4.78 is 16.7. The van der Waals surface area contributed by atoms with Crippen LogP contribution in [0.1, 0.15) is 32.0 Å². The molecule has 1 heterocycles. The molecule has 6 heteroatoms. The summed E-state index contributed by atoms with van der Waals surface area (Å²) in [5, 5.41) is 0. The van der Waals surface area contributed by atoms with Gasteiger partial charge in [0.25, 0.3) is 0 Å². The summed E-state index contributed by atoms with van der Waals surface area (Å²) in [6.45, 7) is 9.31. The third-order valence-corrected chi connectivity index (χ3v) is 5.13. The molecule has 0 N–H and O–H groups in total. The lowest BCUT2D eigenvalue weighted by atomic mass is 10.2. The van der Waals surface area contributed by atoms with E-state index in [0.29, 0.717) is 19.1 Å². The molecule has 0 saturated carbocycles. The van der Waals surface area contributed by atoms with Crippen molar-refractivity contribution in [2.45, 2.75) is 56.8 Å². The number of nitrogens with zero attached hydrogens (tertiary/aromatic N) is 1. The molecule has 0 radical (unpaired) electrons. The first-order chi connectivity index (χ1) is 11.0. The Labute approximate surface area is 149 Å². The number of thioether (sulfide) groups is 1. The zero-order chi connectivity index (χ0) is 17.2. The standard InChI is InChI=1S/C17H28ClNO3S/c1-12(20-5)9-21-13(2)10-22-14(3)11-23-17-6-7-19-16(8-18)15(17)4/h6-7,12-14H,8-11H2,1-5H3. The van der Waals surface area contributed by atoms with Gasteiger partial charge in [-0.25, -0.2) is 0 Å². The molecule has 3 unspecified atom stereocenters. The van der Waals surface area contributed by atoms with Crippen LogP contribution in [-0.4, -0.2) is 49.4 Å². The third-order valence-electron chi connectivity index (χ3n) is 3.49. The number of hydrogen-bond donors (Lipinski definition) is 0. The molecule has 0 amide bonds. The van der Waals surface area contributed by atoms with Crippen LogP contribution >= 0.6 is 23.4 Å². The van der Waals surface area contributed by atoms with Gasteiger partial charge >= 0.3 is 0 Å². The second-order valence-corrected chi connectivity index (χ2v) is 6.99. The minimum Gasteiger partial charge on any atom is -0.379 e. The number of methoxy groups -OCH3 is 1. The molecule has 0 aromatic carbocycles. The quantitative estimate of drug-likeness (QED) is 0.439. The normalized spacial score (nSPS) is 15.4. The molecule has 0 spiro atoms. The molecule has 132 valence electrons. The van der Waals surface area contributed by atoms with E-state index in [2.05, 4.69) is 18.8 Å². The van der Waals surface area contributed by atoms with E-state index in [-0.39, 0.29) is 18.3 Å². The van der Waals surface area contributed by atoms with Gasteiger partial charge in [-0.2, -0.15) is 0 Å². The van der Waals surface area contributed by atoms with Crippen LogP contribution in [0.25, 0.3) is 0 Å². The number of hydrogen-bond acceptors (Lipinski definition) is 5. The fraction of sp³-hybridized carbons (Fsp3) is 0.706. The molecule has 0 saturated heterocycles. The van der Waals surface area contributed by atoms with Crippen molar-refractivity contribution in [3.05, 3.63) is 23.5 Å². The van der Waals surface area contributed by atoms with E-state index in [1.807, 2.05) is 26.1 Å². The van der Waals surface area contributed by atoms with Crippen LogP contribution in [0.15, 0.2) is 17.2 Å². The van der Waals surface area contributed by atoms with Crippen molar-refractivity contribution in [1.82, 2.24) is 4.98 Å². The molecule has 23 heavy (non-hydrogen) atoms. The molecule has 0 aliphatic heterocycles. The fourth-order valence-electron chi connectivity index (χ4n) is 1.82. The first kappa shape index (κ1) is 20.7. The van der Waals surface area contributed by atoms with E-state index in [0.717, 1.165) is 17.0 Å². The maximum absolute atomic E-state index is 5.89. The molecule has 0 fully saturated rings. The second-order valence-electron chi connectivity index (χ2n) is 5.66. The minimum absolute atomic E-state index is 0.0607. The highest BCUT2D eigenvalue weighted by molar-refractivity contribution is 7.99. The first-order valence-electron chi connectivity index (χ1n) is 7.87. The average molecular weight is 362 g/mol. The highest BCUT2D eigenvalue weighted by Crippen LogP contribution is 2.25. The highest BCUT2D eigenvalue weighted by Gasteiger charge is 2.11. The summed E-state index contributed by atoms with van der Waals surface area (Å²) in [4.78, 5) is 5.49. The topological polar surface area (TPSA) is 40.6 Å². The number of halogens is 1. The van der Waals surface area contributed by atoms with Crippen LogP contribution in [0.2, 0.25) is 0 Å². The predicted octanol–water partition coefficient (Wildman–Crippen LogP) is 4.07. The van der Waals surface area contributed by atoms with Gasteiger partial charge < -0.3 is 14.2 Å². The SMILES string of the molecule is COC(C)COC(C)COC(C)CSc1ccnc(CCl)c1C. The summed E-state index contributed by atoms with van der Waals surface area (Å²) >= 11 is 7.67. The molecule has 3 atom stereocenters. The second kappa shape index (κ2) is 11.3. The average Bonchev–Trinajstić information content (AvgIpc) is 2.56. The molecular weight excluding hydrogens is 334 g/mol. The Kier molecular flexibility index (Phi) is 10.1. The molecule has 0 bridgehead atoms. The number of aromatic nitrogens is 1. The summed E-state index contributed by atoms with van der Waals surface area (Å²) in [6.07, 6.45) is 2.13. The number of ether oxygens (including phenoxy) is 3. The van der Waals surface area contributed by atoms with Crippen LogP contribution < -0.4 is 0 Å². The van der Waals surface area contributed by atoms with Crippen molar-refractivity contribution >= 4 is 23.4 Å². The van der Waals surface area contributed by atoms with Gasteiger partial charge in [-0.05, 0) is 39.3 Å². The van der Waals surface area contributed by atoms with Crippen molar-refractivity contribution in [2.24, 2.45) is 0 Å². The number of pyridine rings is 1. The Bertz CT molecular complexity index is 461. The minimum atomic E-state index is 0.0607. The zero-order valence-corrected chi connectivity index (χ0v) is 16.2. The zero-order valence-electron chi connectivity index (χ0n) is 14.7. The molecule has 1 rings (SSSR count). The van der Waals surface area contributed by atoms with Gasteiger partial charge in [-0.3, -0.25) is 4.98 Å². The van der Waals surface area contributed by atoms with Crippen molar-refractivity contribution < 1.29 is 14.2 Å². The van der Waals surface area contributed by atoms with Crippen LogP contribution in [0.4, 0.5) is 0 Å². The van der Waals surface area contributed by atoms with Gasteiger partial charge in [0.2, 0.25) is 0 Å². The van der Waals surface area contributed by atoms with Crippen molar-refractivity contribution in [2.75, 3.05) is 26.1 Å². The van der Waals surface area contributed by atoms with Gasteiger partial charge in [-0.1, -0.05) is 0 Å². The number of rotatable bonds is 11. The van der Waals surface area contributed by atoms with E-state index in [4.69, 9.17) is 25.8 Å². The van der Waals surface area contributed by atoms with Gasteiger partial charge in [0, 0.05) is 24.0 Å². The maximum Gasteiger partial charge on any atom is 0.0781 e. The van der Waals surface area contributed by atoms with Gasteiger partial charge in [-0.15, -0.1) is 23.4 Å². The van der Waals surface area contributed by atoms with Crippen LogP contribution in [0.5, 0.6) is 0 Å². The van der Waals surface area contributed by atoms with Gasteiger partial charge in [0.15, 0.2) is 0 Å². The van der Waals surface area contributed by atoms with E-state index in [9.17, 15) is 0 Å². The van der Waals surface area contributed by atoms with Crippen LogP contribution in [0, 0.1) is 6.92 Å². The fourth-order valence-corrected chi connectivity index (χ4v) is 3.09. The molecule has 0 aliphatic carbocycles. The monoisotopic (exact) mass is 361 g/mol. The molecule has 0 aliphatic rings. The van der Waals surface area contributed by atoms with E-state index in [1.54, 1.807) is 18.9 Å². The Morgan fingerprint density at radius 1 is 1.13 bits per heavy atom. The van der Waals surface area contributed by atoms with Crippen molar-refractivity contribution in [1.29, 1.82) is 0 Å². The Morgan fingerprint density at radius 2 is 1.78 bits per heavy atom. The van der Waals surface area contributed by atoms with E-state index in [1.165, 1.54) is 4.90 Å². The summed E-state index contributed by atoms with van der Waals surface area (Å²) in [5.74, 6) is 1.33. The largest absolute Gasteiger partial charge is 0.379 e. The van der Waals surface area contributed by atoms with E-state index >= 15 is 0 Å². The van der Waals surface area contributed by atoms with Gasteiger partial charge in [0.05, 0.1) is 43.1 Å². The Hall–Kier alpha value is -0.330. The Balaban J connectivity index is 2.30. The Morgan fingerprint density at radius 3 is 2.43 bits per heavy atom. The summed E-state index contributed by atoms with van der Waals surface area (Å²) in [6, 6.07) is 2.03. The van der Waals surface area contributed by atoms with Crippen LogP contribution in [0.3, 0.4) is 0 Å². The molecule has 1 aromatic rings. The lowest BCUT2D eigenvalue weighted by Crippen LogP contribution is -2.25. The highest BCUT2D eigenvalue weighted by atomic mass is 35.5. The predicted molar refractivity (Wildman–Crippen MR) is 96.6 cm³/mol. The smallest absolute Gasteiger partial charge is 0.0781 e. The summed E-state index contributed by atoms with van der Waals surface area (Å²) in [5.41, 5.74) is 2.10. The van der Waals surface area contributed by atoms with Crippen LogP contribution in [-0.2, 0) is 20.1 Å². The third kappa shape index (κ3) is 7.86. The lowest BCUT2D eigenvalue weighted by Gasteiger charge is -2.19. The molecular formula is C17H28ClNO3S. The number of alkyl halides is 1. The van der Waals surface area contributed by atoms with E-state index < -0.39 is 0 Å². The van der Waals surface area contributed by atoms with Crippen molar-refractivity contribution in [3.63, 3.8) is 0 Å².